The molecule has 2 rings (SSSR count). The molecule has 8 heteroatoms. The van der Waals surface area contributed by atoms with Crippen LogP contribution < -0.4 is 10.0 Å². The second kappa shape index (κ2) is 7.97. The van der Waals surface area contributed by atoms with E-state index in [4.69, 9.17) is 0 Å². The van der Waals surface area contributed by atoms with Gasteiger partial charge in [0.15, 0.2) is 0 Å². The minimum Gasteiger partial charge on any atom is -0.385 e. The first-order valence-corrected chi connectivity index (χ1v) is 9.97. The van der Waals surface area contributed by atoms with Crippen molar-refractivity contribution in [2.45, 2.75) is 38.4 Å². The minimum absolute atomic E-state index is 0.268. The predicted molar refractivity (Wildman–Crippen MR) is 97.3 cm³/mol. The van der Waals surface area contributed by atoms with Gasteiger partial charge in [0.1, 0.15) is 0 Å². The van der Waals surface area contributed by atoms with Gasteiger partial charge in [0.25, 0.3) is 11.8 Å². The summed E-state index contributed by atoms with van der Waals surface area (Å²) in [7, 11) is -1.71. The van der Waals surface area contributed by atoms with E-state index in [9.17, 15) is 18.0 Å². The summed E-state index contributed by atoms with van der Waals surface area (Å²) in [5, 5.41) is 2.82. The first kappa shape index (κ1) is 19.4. The van der Waals surface area contributed by atoms with Gasteiger partial charge >= 0.3 is 0 Å². The van der Waals surface area contributed by atoms with Crippen molar-refractivity contribution in [3.05, 3.63) is 29.3 Å². The van der Waals surface area contributed by atoms with Crippen LogP contribution in [0, 0.1) is 0 Å². The molecule has 0 aliphatic carbocycles. The predicted octanol–water partition coefficient (Wildman–Crippen LogP) is 1.82. The molecule has 2 amide bonds. The van der Waals surface area contributed by atoms with Gasteiger partial charge in [-0.15, -0.1) is 0 Å². The normalized spacial score (nSPS) is 14.3. The molecule has 138 valence electrons. The van der Waals surface area contributed by atoms with Gasteiger partial charge in [-0.25, -0.2) is 13.1 Å². The highest BCUT2D eigenvalue weighted by atomic mass is 32.2. The van der Waals surface area contributed by atoms with Crippen LogP contribution in [0.25, 0.3) is 0 Å². The third-order valence-electron chi connectivity index (χ3n) is 4.20. The Morgan fingerprint density at radius 2 is 1.64 bits per heavy atom. The molecule has 0 saturated carbocycles. The Bertz CT molecular complexity index is 759. The zero-order valence-corrected chi connectivity index (χ0v) is 15.6. The van der Waals surface area contributed by atoms with Crippen LogP contribution in [0.3, 0.4) is 0 Å². The van der Waals surface area contributed by atoms with Gasteiger partial charge in [0.05, 0.1) is 16.4 Å². The van der Waals surface area contributed by atoms with Crippen molar-refractivity contribution in [2.75, 3.05) is 25.5 Å². The molecule has 0 radical (unpaired) electrons. The smallest absolute Gasteiger partial charge is 0.261 e. The molecule has 7 nitrogen and oxygen atoms in total. The summed E-state index contributed by atoms with van der Waals surface area (Å²) >= 11 is 0. The van der Waals surface area contributed by atoms with Crippen LogP contribution in [0.5, 0.6) is 0 Å². The third-order valence-corrected chi connectivity index (χ3v) is 6.04. The van der Waals surface area contributed by atoms with Crippen LogP contribution in [0.1, 0.15) is 53.8 Å². The zero-order chi connectivity index (χ0) is 18.6. The summed E-state index contributed by atoms with van der Waals surface area (Å²) in [5.74, 6) is -0.545. The molecule has 0 fully saturated rings. The highest BCUT2D eigenvalue weighted by molar-refractivity contribution is 7.90. The first-order valence-electron chi connectivity index (χ1n) is 8.43. The Morgan fingerprint density at radius 3 is 2.32 bits per heavy atom. The van der Waals surface area contributed by atoms with Crippen molar-refractivity contribution in [3.63, 3.8) is 0 Å². The van der Waals surface area contributed by atoms with E-state index in [2.05, 4.69) is 10.0 Å². The number of anilines is 1. The Labute approximate surface area is 148 Å². The lowest BCUT2D eigenvalue weighted by Gasteiger charge is -2.10. The number of amides is 2. The van der Waals surface area contributed by atoms with E-state index in [0.717, 1.165) is 29.8 Å². The number of fused-ring (bicyclic) bond motifs is 1. The third kappa shape index (κ3) is 4.58. The maximum absolute atomic E-state index is 12.0. The van der Waals surface area contributed by atoms with Crippen LogP contribution in [-0.4, -0.2) is 50.5 Å². The SMILES string of the molecule is CC(C)S(=O)(=O)NCCCCCNc1ccc2c(c1)C(=O)N(C)C2=O. The Hall–Kier alpha value is -1.93. The van der Waals surface area contributed by atoms with E-state index in [1.807, 2.05) is 0 Å². The van der Waals surface area contributed by atoms with E-state index in [-0.39, 0.29) is 11.8 Å². The van der Waals surface area contributed by atoms with Crippen LogP contribution in [0.2, 0.25) is 0 Å². The number of nitrogens with zero attached hydrogens (tertiary/aromatic N) is 1. The Morgan fingerprint density at radius 1 is 1.00 bits per heavy atom. The van der Waals surface area contributed by atoms with Gasteiger partial charge in [-0.2, -0.15) is 0 Å². The minimum atomic E-state index is -3.18. The number of sulfonamides is 1. The van der Waals surface area contributed by atoms with Gasteiger partial charge < -0.3 is 5.32 Å². The lowest BCUT2D eigenvalue weighted by Crippen LogP contribution is -2.31. The van der Waals surface area contributed by atoms with Crippen molar-refractivity contribution in [1.29, 1.82) is 0 Å². The van der Waals surface area contributed by atoms with Gasteiger partial charge in [-0.05, 0) is 44.9 Å². The standard InChI is InChI=1S/C17H25N3O4S/c1-12(2)25(23,24)19-10-6-4-5-9-18-13-7-8-14-15(11-13)17(22)20(3)16(14)21/h7-8,11-12,18-19H,4-6,9-10H2,1-3H3. The van der Waals surface area contributed by atoms with E-state index >= 15 is 0 Å². The van der Waals surface area contributed by atoms with Crippen molar-refractivity contribution in [3.8, 4) is 0 Å². The monoisotopic (exact) mass is 367 g/mol. The van der Waals surface area contributed by atoms with Crippen LogP contribution in [0.15, 0.2) is 18.2 Å². The van der Waals surface area contributed by atoms with Gasteiger partial charge in [-0.1, -0.05) is 6.42 Å². The Kier molecular flexibility index (Phi) is 6.18. The number of nitrogens with one attached hydrogen (secondary N) is 2. The number of carbonyl (C=O) groups excluding carboxylic acids is 2. The highest BCUT2D eigenvalue weighted by Gasteiger charge is 2.32. The fourth-order valence-electron chi connectivity index (χ4n) is 2.51. The molecule has 0 bridgehead atoms. The maximum Gasteiger partial charge on any atom is 0.261 e. The number of hydrogen-bond acceptors (Lipinski definition) is 5. The first-order chi connectivity index (χ1) is 11.7. The number of unbranched alkanes of at least 4 members (excludes halogenated alkanes) is 2. The molecule has 0 aromatic heterocycles. The Balaban J connectivity index is 1.72. The molecule has 0 spiro atoms. The molecular weight excluding hydrogens is 342 g/mol. The van der Waals surface area contributed by atoms with E-state index < -0.39 is 15.3 Å². The maximum atomic E-state index is 12.0. The molecule has 25 heavy (non-hydrogen) atoms. The molecule has 1 aromatic rings. The largest absolute Gasteiger partial charge is 0.385 e. The zero-order valence-electron chi connectivity index (χ0n) is 14.8. The fraction of sp³-hybridized carbons (Fsp3) is 0.529. The van der Waals surface area contributed by atoms with Crippen LogP contribution in [0.4, 0.5) is 5.69 Å². The van der Waals surface area contributed by atoms with Crippen molar-refractivity contribution in [2.24, 2.45) is 0 Å². The second-order valence-electron chi connectivity index (χ2n) is 6.41. The van der Waals surface area contributed by atoms with Crippen LogP contribution in [-0.2, 0) is 10.0 Å². The van der Waals surface area contributed by atoms with E-state index in [0.29, 0.717) is 24.2 Å². The summed E-state index contributed by atoms with van der Waals surface area (Å²) in [6.45, 7) is 4.47. The topological polar surface area (TPSA) is 95.6 Å². The van der Waals surface area contributed by atoms with Crippen molar-refractivity contribution in [1.82, 2.24) is 9.62 Å². The average Bonchev–Trinajstić information content (AvgIpc) is 2.78. The summed E-state index contributed by atoms with van der Waals surface area (Å²) < 4.78 is 25.8. The van der Waals surface area contributed by atoms with Crippen LogP contribution >= 0.6 is 0 Å². The number of carbonyl (C=O) groups is 2. The molecule has 1 aliphatic heterocycles. The van der Waals surface area contributed by atoms with Crippen molar-refractivity contribution >= 4 is 27.5 Å². The van der Waals surface area contributed by atoms with E-state index in [1.165, 1.54) is 7.05 Å². The molecule has 0 unspecified atom stereocenters. The molecule has 0 saturated heterocycles. The van der Waals surface area contributed by atoms with Gasteiger partial charge in [0.2, 0.25) is 10.0 Å². The molecule has 0 atom stereocenters. The number of rotatable bonds is 9. The number of benzene rings is 1. The van der Waals surface area contributed by atoms with E-state index in [1.54, 1.807) is 32.0 Å². The van der Waals surface area contributed by atoms with Crippen molar-refractivity contribution < 1.29 is 18.0 Å². The van der Waals surface area contributed by atoms with Gasteiger partial charge in [-0.3, -0.25) is 14.5 Å². The summed E-state index contributed by atoms with van der Waals surface area (Å²) in [5.41, 5.74) is 1.67. The average molecular weight is 367 g/mol. The number of hydrogen-bond donors (Lipinski definition) is 2. The summed E-state index contributed by atoms with van der Waals surface area (Å²) in [6, 6.07) is 5.16. The summed E-state index contributed by atoms with van der Waals surface area (Å²) in [6.07, 6.45) is 2.54. The number of imide groups is 1. The fourth-order valence-corrected chi connectivity index (χ4v) is 3.27. The quantitative estimate of drug-likeness (QED) is 0.513. The molecule has 2 N–H and O–H groups in total. The van der Waals surface area contributed by atoms with Gasteiger partial charge in [0, 0.05) is 25.8 Å². The summed E-state index contributed by atoms with van der Waals surface area (Å²) in [4.78, 5) is 24.9. The molecule has 1 heterocycles. The lowest BCUT2D eigenvalue weighted by molar-refractivity contribution is 0.0693. The molecular formula is C17H25N3O4S. The molecule has 1 aromatic carbocycles. The highest BCUT2D eigenvalue weighted by Crippen LogP contribution is 2.24. The lowest BCUT2D eigenvalue weighted by atomic mass is 10.1. The molecule has 1 aliphatic rings. The second-order valence-corrected chi connectivity index (χ2v) is 8.73.